The molecule has 0 spiro atoms. The van der Waals surface area contributed by atoms with Crippen molar-refractivity contribution in [2.45, 2.75) is 40.2 Å². The van der Waals surface area contributed by atoms with E-state index in [-0.39, 0.29) is 0 Å². The first-order valence-electron chi connectivity index (χ1n) is 4.31. The van der Waals surface area contributed by atoms with Crippen LogP contribution in [0.2, 0.25) is 0 Å². The molecule has 11 heavy (non-hydrogen) atoms. The van der Waals surface area contributed by atoms with Gasteiger partial charge in [-0.05, 0) is 25.3 Å². The van der Waals surface area contributed by atoms with Gasteiger partial charge >= 0.3 is 0 Å². The maximum Gasteiger partial charge on any atom is 0.0219 e. The third-order valence-corrected chi connectivity index (χ3v) is 1.69. The lowest BCUT2D eigenvalue weighted by Crippen LogP contribution is -2.27. The van der Waals surface area contributed by atoms with Gasteiger partial charge in [-0.3, -0.25) is 0 Å². The smallest absolute Gasteiger partial charge is 0.0219 e. The summed E-state index contributed by atoms with van der Waals surface area (Å²) in [6, 6.07) is 0.442. The van der Waals surface area contributed by atoms with Crippen molar-refractivity contribution in [1.29, 1.82) is 0 Å². The van der Waals surface area contributed by atoms with Crippen molar-refractivity contribution in [1.82, 2.24) is 5.32 Å². The molecule has 1 nitrogen and oxygen atoms in total. The first-order valence-corrected chi connectivity index (χ1v) is 4.31. The molecule has 0 aromatic carbocycles. The molecule has 0 aliphatic carbocycles. The molecule has 0 heterocycles. The standard InChI is InChI=1S/C10H21N/c1-6-9(2)11-8-7-10(3,4)5/h6,9,11H,1,7-8H2,2-5H3. The Morgan fingerprint density at radius 3 is 2.36 bits per heavy atom. The highest BCUT2D eigenvalue weighted by Gasteiger charge is 2.08. The van der Waals surface area contributed by atoms with Crippen LogP contribution in [-0.2, 0) is 0 Å². The van der Waals surface area contributed by atoms with Crippen molar-refractivity contribution in [3.63, 3.8) is 0 Å². The number of nitrogens with one attached hydrogen (secondary N) is 1. The van der Waals surface area contributed by atoms with Crippen LogP contribution in [0.3, 0.4) is 0 Å². The van der Waals surface area contributed by atoms with E-state index in [4.69, 9.17) is 0 Å². The molecule has 0 saturated heterocycles. The second-order valence-electron chi connectivity index (χ2n) is 4.29. The highest BCUT2D eigenvalue weighted by Crippen LogP contribution is 2.16. The van der Waals surface area contributed by atoms with Crippen LogP contribution in [0.15, 0.2) is 12.7 Å². The van der Waals surface area contributed by atoms with E-state index in [0.29, 0.717) is 11.5 Å². The zero-order valence-electron chi connectivity index (χ0n) is 8.28. The molecule has 0 radical (unpaired) electrons. The van der Waals surface area contributed by atoms with Crippen LogP contribution < -0.4 is 5.32 Å². The molecule has 0 aromatic rings. The molecule has 1 unspecified atom stereocenters. The molecule has 0 saturated carbocycles. The molecular weight excluding hydrogens is 134 g/mol. The van der Waals surface area contributed by atoms with E-state index in [2.05, 4.69) is 39.6 Å². The van der Waals surface area contributed by atoms with Gasteiger partial charge in [0.25, 0.3) is 0 Å². The Morgan fingerprint density at radius 1 is 1.45 bits per heavy atom. The first-order chi connectivity index (χ1) is 4.95. The fraction of sp³-hybridized carbons (Fsp3) is 0.800. The Bertz CT molecular complexity index is 111. The maximum atomic E-state index is 3.71. The van der Waals surface area contributed by atoms with E-state index >= 15 is 0 Å². The Hall–Kier alpha value is -0.300. The van der Waals surface area contributed by atoms with E-state index in [0.717, 1.165) is 6.54 Å². The molecule has 66 valence electrons. The van der Waals surface area contributed by atoms with Gasteiger partial charge in [0, 0.05) is 6.04 Å². The molecule has 1 N–H and O–H groups in total. The Labute approximate surface area is 70.9 Å². The minimum atomic E-state index is 0.438. The lowest BCUT2D eigenvalue weighted by atomic mass is 9.92. The van der Waals surface area contributed by atoms with Crippen LogP contribution in [0.5, 0.6) is 0 Å². The van der Waals surface area contributed by atoms with Gasteiger partial charge in [0.05, 0.1) is 0 Å². The summed E-state index contributed by atoms with van der Waals surface area (Å²) in [4.78, 5) is 0. The summed E-state index contributed by atoms with van der Waals surface area (Å²) < 4.78 is 0. The average molecular weight is 155 g/mol. The molecule has 0 aliphatic heterocycles. The highest BCUT2D eigenvalue weighted by atomic mass is 14.9. The van der Waals surface area contributed by atoms with E-state index in [1.165, 1.54) is 6.42 Å². The zero-order chi connectivity index (χ0) is 8.91. The van der Waals surface area contributed by atoms with Crippen molar-refractivity contribution >= 4 is 0 Å². The predicted molar refractivity (Wildman–Crippen MR) is 51.7 cm³/mol. The van der Waals surface area contributed by atoms with Crippen LogP contribution in [0, 0.1) is 5.41 Å². The van der Waals surface area contributed by atoms with E-state index < -0.39 is 0 Å². The lowest BCUT2D eigenvalue weighted by molar-refractivity contribution is 0.363. The zero-order valence-corrected chi connectivity index (χ0v) is 8.28. The summed E-state index contributed by atoms with van der Waals surface area (Å²) >= 11 is 0. The van der Waals surface area contributed by atoms with Crippen molar-refractivity contribution in [2.24, 2.45) is 5.41 Å². The number of hydrogen-bond donors (Lipinski definition) is 1. The van der Waals surface area contributed by atoms with Crippen LogP contribution >= 0.6 is 0 Å². The molecule has 0 amide bonds. The monoisotopic (exact) mass is 155 g/mol. The molecule has 0 bridgehead atoms. The van der Waals surface area contributed by atoms with Gasteiger partial charge in [-0.25, -0.2) is 0 Å². The molecule has 0 rings (SSSR count). The van der Waals surface area contributed by atoms with Crippen LogP contribution in [-0.4, -0.2) is 12.6 Å². The largest absolute Gasteiger partial charge is 0.311 e. The molecule has 0 aliphatic rings. The summed E-state index contributed by atoms with van der Waals surface area (Å²) in [5, 5.41) is 3.37. The minimum absolute atomic E-state index is 0.438. The van der Waals surface area contributed by atoms with Gasteiger partial charge < -0.3 is 5.32 Å². The van der Waals surface area contributed by atoms with Crippen molar-refractivity contribution in [3.8, 4) is 0 Å². The van der Waals surface area contributed by atoms with Gasteiger partial charge in [0.2, 0.25) is 0 Å². The van der Waals surface area contributed by atoms with Gasteiger partial charge in [-0.2, -0.15) is 0 Å². The predicted octanol–water partition coefficient (Wildman–Crippen LogP) is 2.59. The van der Waals surface area contributed by atoms with E-state index in [1.807, 2.05) is 6.08 Å². The van der Waals surface area contributed by atoms with Crippen LogP contribution in [0.4, 0.5) is 0 Å². The van der Waals surface area contributed by atoms with E-state index in [1.54, 1.807) is 0 Å². The minimum Gasteiger partial charge on any atom is -0.311 e. The second-order valence-corrected chi connectivity index (χ2v) is 4.29. The van der Waals surface area contributed by atoms with Gasteiger partial charge in [-0.1, -0.05) is 26.8 Å². The van der Waals surface area contributed by atoms with Crippen LogP contribution in [0.25, 0.3) is 0 Å². The van der Waals surface area contributed by atoms with Crippen molar-refractivity contribution < 1.29 is 0 Å². The lowest BCUT2D eigenvalue weighted by Gasteiger charge is -2.19. The van der Waals surface area contributed by atoms with E-state index in [9.17, 15) is 0 Å². The van der Waals surface area contributed by atoms with Crippen molar-refractivity contribution in [3.05, 3.63) is 12.7 Å². The van der Waals surface area contributed by atoms with Gasteiger partial charge in [-0.15, -0.1) is 6.58 Å². The fourth-order valence-electron chi connectivity index (χ4n) is 0.758. The van der Waals surface area contributed by atoms with Gasteiger partial charge in [0.15, 0.2) is 0 Å². The number of hydrogen-bond acceptors (Lipinski definition) is 1. The van der Waals surface area contributed by atoms with Gasteiger partial charge in [0.1, 0.15) is 0 Å². The Morgan fingerprint density at radius 2 is 2.00 bits per heavy atom. The summed E-state index contributed by atoms with van der Waals surface area (Å²) in [6.07, 6.45) is 3.15. The topological polar surface area (TPSA) is 12.0 Å². The Balaban J connectivity index is 3.35. The maximum absolute atomic E-state index is 3.71. The molecule has 1 atom stereocenters. The summed E-state index contributed by atoms with van der Waals surface area (Å²) in [6.45, 7) is 13.7. The average Bonchev–Trinajstić information content (AvgIpc) is 1.85. The second kappa shape index (κ2) is 4.55. The molecule has 0 aromatic heterocycles. The summed E-state index contributed by atoms with van der Waals surface area (Å²) in [7, 11) is 0. The third-order valence-electron chi connectivity index (χ3n) is 1.69. The number of rotatable bonds is 4. The van der Waals surface area contributed by atoms with Crippen LogP contribution in [0.1, 0.15) is 34.1 Å². The van der Waals surface area contributed by atoms with Crippen molar-refractivity contribution in [2.75, 3.05) is 6.54 Å². The Kier molecular flexibility index (Phi) is 4.43. The quantitative estimate of drug-likeness (QED) is 0.615. The molecular formula is C10H21N. The fourth-order valence-corrected chi connectivity index (χ4v) is 0.758. The third kappa shape index (κ3) is 7.60. The molecule has 1 heteroatoms. The summed E-state index contributed by atoms with van der Waals surface area (Å²) in [5.74, 6) is 0. The summed E-state index contributed by atoms with van der Waals surface area (Å²) in [5.41, 5.74) is 0.438. The SMILES string of the molecule is C=CC(C)NCCC(C)(C)C. The first kappa shape index (κ1) is 10.7. The normalized spacial score (nSPS) is 14.5. The molecule has 0 fully saturated rings. The highest BCUT2D eigenvalue weighted by molar-refractivity contribution is 4.81.